The molecule has 0 radical (unpaired) electrons. The van der Waals surface area contributed by atoms with Gasteiger partial charge in [-0.2, -0.15) is 5.26 Å². The van der Waals surface area contributed by atoms with E-state index in [-0.39, 0.29) is 12.5 Å². The molecule has 0 aromatic heterocycles. The summed E-state index contributed by atoms with van der Waals surface area (Å²) >= 11 is 0. The molecule has 0 heterocycles. The van der Waals surface area contributed by atoms with E-state index in [4.69, 9.17) is 0 Å². The predicted octanol–water partition coefficient (Wildman–Crippen LogP) is 3.59. The molecular weight excluding hydrogens is 318 g/mol. The van der Waals surface area contributed by atoms with Gasteiger partial charge in [0.05, 0.1) is 12.0 Å². The van der Waals surface area contributed by atoms with Crippen LogP contribution in [0.2, 0.25) is 0 Å². The van der Waals surface area contributed by atoms with Gasteiger partial charge in [0, 0.05) is 12.5 Å². The van der Waals surface area contributed by atoms with Crippen LogP contribution in [-0.4, -0.2) is 11.7 Å². The Labute approximate surface area is 156 Å². The van der Waals surface area contributed by atoms with E-state index < -0.39 is 0 Å². The Morgan fingerprint density at radius 1 is 0.692 bits per heavy atom. The van der Waals surface area contributed by atoms with Gasteiger partial charge in [-0.1, -0.05) is 12.2 Å². The summed E-state index contributed by atoms with van der Waals surface area (Å²) < 4.78 is 0. The van der Waals surface area contributed by atoms with Crippen LogP contribution in [0.25, 0.3) is 0 Å². The molecule has 2 heteroatoms. The number of nitrogens with zero attached hydrogens (tertiary/aromatic N) is 1. The summed E-state index contributed by atoms with van der Waals surface area (Å²) in [5.74, 6) is 13.6. The second kappa shape index (κ2) is 4.27. The van der Waals surface area contributed by atoms with Crippen LogP contribution < -0.4 is 0 Å². The summed E-state index contributed by atoms with van der Waals surface area (Å²) in [5, 5.41) is 19.8. The van der Waals surface area contributed by atoms with Crippen molar-refractivity contribution in [1.82, 2.24) is 0 Å². The average molecular weight is 348 g/mol. The molecule has 0 spiro atoms. The minimum absolute atomic E-state index is 0.167. The van der Waals surface area contributed by atoms with E-state index in [0.717, 1.165) is 71.0 Å². The molecule has 8 aliphatic rings. The number of allylic oxidation sites excluding steroid dienone is 2. The number of hydrogen-bond acceptors (Lipinski definition) is 2. The number of fused-ring (bicyclic) bond motifs is 23. The maximum absolute atomic E-state index is 10.0. The van der Waals surface area contributed by atoms with Crippen molar-refractivity contribution in [2.45, 2.75) is 25.7 Å². The van der Waals surface area contributed by atoms with Crippen LogP contribution in [0.3, 0.4) is 0 Å². The number of nitriles is 1. The van der Waals surface area contributed by atoms with Crippen molar-refractivity contribution in [3.63, 3.8) is 0 Å². The molecule has 16 atom stereocenters. The van der Waals surface area contributed by atoms with Crippen LogP contribution in [0, 0.1) is 106 Å². The van der Waals surface area contributed by atoms with Crippen molar-refractivity contribution in [3.05, 3.63) is 12.2 Å². The first-order chi connectivity index (χ1) is 12.8. The largest absolute Gasteiger partial charge is 0.396 e. The molecule has 0 amide bonds. The summed E-state index contributed by atoms with van der Waals surface area (Å²) in [6.45, 7) is 0.263. The van der Waals surface area contributed by atoms with Crippen LogP contribution in [0.5, 0.6) is 0 Å². The summed E-state index contributed by atoms with van der Waals surface area (Å²) in [4.78, 5) is 0. The predicted molar refractivity (Wildman–Crippen MR) is 96.1 cm³/mol. The number of aliphatic hydroxyl groups is 1. The Morgan fingerprint density at radius 2 is 1.19 bits per heavy atom. The van der Waals surface area contributed by atoms with Gasteiger partial charge in [-0.15, -0.1) is 0 Å². The first-order valence-corrected chi connectivity index (χ1v) is 11.5. The van der Waals surface area contributed by atoms with Crippen LogP contribution in [0.15, 0.2) is 12.2 Å². The SMILES string of the molecule is N#CC1C(CO)C2CC1C1C3CC(C21)C1C2CC(C4C5C=CC(C5)C24)C31. The van der Waals surface area contributed by atoms with Crippen molar-refractivity contribution < 1.29 is 5.11 Å². The van der Waals surface area contributed by atoms with Crippen molar-refractivity contribution in [2.24, 2.45) is 94.7 Å². The molecule has 7 fully saturated rings. The lowest BCUT2D eigenvalue weighted by Gasteiger charge is -2.51. The standard InChI is InChI=1S/C24H29NO/c25-7-17-11-4-12(18(17)8-26)22-16-6-15(21(11)22)23-13-5-14(24(16)23)20-10-2-1-9(3-10)19(13)20/h1-2,9-24,26H,3-6,8H2. The average Bonchev–Trinajstić information content (AvgIpc) is 3.46. The second-order valence-electron chi connectivity index (χ2n) is 11.6. The molecule has 136 valence electrons. The van der Waals surface area contributed by atoms with Crippen molar-refractivity contribution in [1.29, 1.82) is 5.26 Å². The summed E-state index contributed by atoms with van der Waals surface area (Å²) in [6, 6.07) is 2.65. The Balaban J connectivity index is 1.20. The number of hydrogen-bond donors (Lipinski definition) is 1. The highest BCUT2D eigenvalue weighted by Crippen LogP contribution is 2.81. The molecule has 0 aromatic rings. The van der Waals surface area contributed by atoms with E-state index in [2.05, 4.69) is 18.2 Å². The lowest BCUT2D eigenvalue weighted by Crippen LogP contribution is -2.48. The quantitative estimate of drug-likeness (QED) is 0.582. The zero-order valence-electron chi connectivity index (χ0n) is 15.3. The fraction of sp³-hybridized carbons (Fsp3) is 0.875. The third-order valence-electron chi connectivity index (χ3n) is 11.9. The maximum Gasteiger partial charge on any atom is 0.0662 e. The van der Waals surface area contributed by atoms with Crippen LogP contribution >= 0.6 is 0 Å². The highest BCUT2D eigenvalue weighted by Gasteiger charge is 2.76. The normalized spacial score (nSPS) is 72.2. The Hall–Kier alpha value is -0.810. The summed E-state index contributed by atoms with van der Waals surface area (Å²) in [7, 11) is 0. The van der Waals surface area contributed by atoms with Gasteiger partial charge in [-0.05, 0) is 109 Å². The maximum atomic E-state index is 10.0. The minimum atomic E-state index is 0.167. The third-order valence-corrected chi connectivity index (χ3v) is 11.9. The minimum Gasteiger partial charge on any atom is -0.396 e. The van der Waals surface area contributed by atoms with Crippen LogP contribution in [-0.2, 0) is 0 Å². The Kier molecular flexibility index (Phi) is 2.34. The van der Waals surface area contributed by atoms with Crippen LogP contribution in [0.1, 0.15) is 25.7 Å². The molecule has 26 heavy (non-hydrogen) atoms. The summed E-state index contributed by atoms with van der Waals surface area (Å²) in [5.41, 5.74) is 0. The first kappa shape index (κ1) is 14.2. The van der Waals surface area contributed by atoms with E-state index in [1.165, 1.54) is 19.3 Å². The van der Waals surface area contributed by atoms with Gasteiger partial charge < -0.3 is 5.11 Å². The van der Waals surface area contributed by atoms with Gasteiger partial charge in [0.2, 0.25) is 0 Å². The molecule has 8 bridgehead atoms. The lowest BCUT2D eigenvalue weighted by molar-refractivity contribution is -0.0426. The van der Waals surface area contributed by atoms with Crippen LogP contribution in [0.4, 0.5) is 0 Å². The zero-order valence-corrected chi connectivity index (χ0v) is 15.3. The second-order valence-corrected chi connectivity index (χ2v) is 11.6. The molecule has 0 aliphatic heterocycles. The highest BCUT2D eigenvalue weighted by atomic mass is 16.3. The zero-order chi connectivity index (χ0) is 16.9. The monoisotopic (exact) mass is 347 g/mol. The first-order valence-electron chi connectivity index (χ1n) is 11.5. The van der Waals surface area contributed by atoms with E-state index in [0.29, 0.717) is 17.8 Å². The van der Waals surface area contributed by atoms with Crippen molar-refractivity contribution >= 4 is 0 Å². The van der Waals surface area contributed by atoms with E-state index in [1.807, 2.05) is 0 Å². The van der Waals surface area contributed by atoms with Gasteiger partial charge >= 0.3 is 0 Å². The van der Waals surface area contributed by atoms with Gasteiger partial charge in [-0.3, -0.25) is 0 Å². The number of aliphatic hydroxyl groups excluding tert-OH is 1. The van der Waals surface area contributed by atoms with Crippen molar-refractivity contribution in [3.8, 4) is 6.07 Å². The van der Waals surface area contributed by atoms with E-state index in [9.17, 15) is 10.4 Å². The van der Waals surface area contributed by atoms with E-state index >= 15 is 0 Å². The molecule has 7 saturated carbocycles. The molecule has 8 rings (SSSR count). The molecule has 16 unspecified atom stereocenters. The molecule has 0 aromatic carbocycles. The highest BCUT2D eigenvalue weighted by molar-refractivity contribution is 5.28. The molecule has 8 aliphatic carbocycles. The third kappa shape index (κ3) is 1.23. The lowest BCUT2D eigenvalue weighted by atomic mass is 9.53. The smallest absolute Gasteiger partial charge is 0.0662 e. The summed E-state index contributed by atoms with van der Waals surface area (Å²) in [6.07, 6.45) is 11.0. The Bertz CT molecular complexity index is 767. The topological polar surface area (TPSA) is 44.0 Å². The van der Waals surface area contributed by atoms with Gasteiger partial charge in [0.25, 0.3) is 0 Å². The molecule has 0 saturated heterocycles. The fourth-order valence-corrected chi connectivity index (χ4v) is 12.1. The molecular formula is C24H29NO. The van der Waals surface area contributed by atoms with E-state index in [1.54, 1.807) is 6.42 Å². The fourth-order valence-electron chi connectivity index (χ4n) is 12.1. The van der Waals surface area contributed by atoms with Crippen molar-refractivity contribution in [2.75, 3.05) is 6.61 Å². The van der Waals surface area contributed by atoms with Gasteiger partial charge in [0.15, 0.2) is 0 Å². The Morgan fingerprint density at radius 3 is 1.77 bits per heavy atom. The molecule has 1 N–H and O–H groups in total. The van der Waals surface area contributed by atoms with Gasteiger partial charge in [0.1, 0.15) is 0 Å². The number of rotatable bonds is 1. The van der Waals surface area contributed by atoms with Gasteiger partial charge in [-0.25, -0.2) is 0 Å². The molecule has 2 nitrogen and oxygen atoms in total.